The lowest BCUT2D eigenvalue weighted by molar-refractivity contribution is 0.353. The van der Waals surface area contributed by atoms with Gasteiger partial charge in [-0.15, -0.1) is 24.0 Å². The van der Waals surface area contributed by atoms with Crippen LogP contribution in [0.3, 0.4) is 0 Å². The van der Waals surface area contributed by atoms with Gasteiger partial charge in [-0.2, -0.15) is 5.10 Å². The molecule has 0 aromatic carbocycles. The normalized spacial score (nSPS) is 22.5. The molecule has 0 atom stereocenters. The average molecular weight is 509 g/mol. The van der Waals surface area contributed by atoms with Gasteiger partial charge in [0.2, 0.25) is 0 Å². The van der Waals surface area contributed by atoms with E-state index in [1.807, 2.05) is 13.0 Å². The number of nitrogens with zero attached hydrogens (tertiary/aromatic N) is 4. The Labute approximate surface area is 179 Å². The Morgan fingerprint density at radius 3 is 2.70 bits per heavy atom. The fraction of sp³-hybridized carbons (Fsp3) is 0.778. The molecule has 0 radical (unpaired) electrons. The molecule has 2 heterocycles. The number of hydrogen-bond donors (Lipinski definition) is 1. The Kier molecular flexibility index (Phi) is 7.57. The van der Waals surface area contributed by atoms with Crippen LogP contribution in [-0.2, 0) is 16.4 Å². The molecule has 1 aliphatic carbocycles. The molecule has 3 rings (SSSR count). The van der Waals surface area contributed by atoms with E-state index in [9.17, 15) is 8.42 Å². The summed E-state index contributed by atoms with van der Waals surface area (Å²) in [6.45, 7) is 7.80. The van der Waals surface area contributed by atoms with Gasteiger partial charge < -0.3 is 10.2 Å². The van der Waals surface area contributed by atoms with Crippen molar-refractivity contribution in [2.75, 3.05) is 25.4 Å². The lowest BCUT2D eigenvalue weighted by Gasteiger charge is -2.39. The summed E-state index contributed by atoms with van der Waals surface area (Å²) in [7, 11) is -3.06. The second kappa shape index (κ2) is 9.11. The molecule has 7 nitrogen and oxygen atoms in total. The highest BCUT2D eigenvalue weighted by atomic mass is 127. The van der Waals surface area contributed by atoms with Gasteiger partial charge in [-0.25, -0.2) is 13.4 Å². The summed E-state index contributed by atoms with van der Waals surface area (Å²) in [5, 5.41) is 7.98. The predicted molar refractivity (Wildman–Crippen MR) is 119 cm³/mol. The number of nitrogens with one attached hydrogen (secondary N) is 1. The lowest BCUT2D eigenvalue weighted by Crippen LogP contribution is -2.57. The van der Waals surface area contributed by atoms with E-state index in [4.69, 9.17) is 4.99 Å². The van der Waals surface area contributed by atoms with Gasteiger partial charge in [0.25, 0.3) is 0 Å². The van der Waals surface area contributed by atoms with Crippen molar-refractivity contribution in [1.82, 2.24) is 20.0 Å². The van der Waals surface area contributed by atoms with Crippen LogP contribution in [0.4, 0.5) is 0 Å². The monoisotopic (exact) mass is 509 g/mol. The summed E-state index contributed by atoms with van der Waals surface area (Å²) in [5.74, 6) is 0.937. The molecule has 0 bridgehead atoms. The number of aliphatic imine (C=N–C) groups is 1. The Morgan fingerprint density at radius 2 is 2.07 bits per heavy atom. The van der Waals surface area contributed by atoms with Crippen LogP contribution in [0.5, 0.6) is 0 Å². The van der Waals surface area contributed by atoms with Crippen LogP contribution in [0, 0.1) is 0 Å². The highest BCUT2D eigenvalue weighted by Crippen LogP contribution is 2.28. The van der Waals surface area contributed by atoms with Crippen molar-refractivity contribution in [3.63, 3.8) is 0 Å². The molecule has 2 fully saturated rings. The van der Waals surface area contributed by atoms with Gasteiger partial charge >= 0.3 is 0 Å². The van der Waals surface area contributed by atoms with E-state index in [0.29, 0.717) is 25.7 Å². The van der Waals surface area contributed by atoms with Crippen molar-refractivity contribution in [3.8, 4) is 0 Å². The van der Waals surface area contributed by atoms with Gasteiger partial charge in [0.05, 0.1) is 28.8 Å². The van der Waals surface area contributed by atoms with Crippen LogP contribution < -0.4 is 5.32 Å². The molecule has 1 saturated carbocycles. The first-order valence-electron chi connectivity index (χ1n) is 9.62. The third-order valence-corrected chi connectivity index (χ3v) is 7.96. The molecule has 1 aromatic heterocycles. The summed E-state index contributed by atoms with van der Waals surface area (Å²) >= 11 is 0. The summed E-state index contributed by atoms with van der Waals surface area (Å²) < 4.78 is 25.8. The molecule has 9 heteroatoms. The van der Waals surface area contributed by atoms with Crippen LogP contribution in [0.25, 0.3) is 0 Å². The van der Waals surface area contributed by atoms with Crippen LogP contribution in [0.15, 0.2) is 17.3 Å². The van der Waals surface area contributed by atoms with Crippen molar-refractivity contribution in [3.05, 3.63) is 18.0 Å². The first-order valence-corrected chi connectivity index (χ1v) is 11.3. The summed E-state index contributed by atoms with van der Waals surface area (Å²) in [6.07, 6.45) is 7.06. The first kappa shape index (κ1) is 22.4. The molecule has 0 spiro atoms. The smallest absolute Gasteiger partial charge is 0.194 e. The first-order chi connectivity index (χ1) is 12.3. The minimum Gasteiger partial charge on any atom is -0.357 e. The second-order valence-corrected chi connectivity index (χ2v) is 10.6. The highest BCUT2D eigenvalue weighted by molar-refractivity contribution is 14.0. The molecule has 27 heavy (non-hydrogen) atoms. The summed E-state index contributed by atoms with van der Waals surface area (Å²) in [6, 6.07) is 2.57. The number of guanidine groups is 1. The Morgan fingerprint density at radius 1 is 1.37 bits per heavy atom. The quantitative estimate of drug-likeness (QED) is 0.384. The van der Waals surface area contributed by atoms with Crippen molar-refractivity contribution in [2.45, 2.75) is 63.8 Å². The molecule has 2 aliphatic rings. The number of sulfone groups is 1. The number of rotatable bonds is 4. The van der Waals surface area contributed by atoms with Gasteiger partial charge in [0.1, 0.15) is 0 Å². The van der Waals surface area contributed by atoms with E-state index in [2.05, 4.69) is 26.2 Å². The van der Waals surface area contributed by atoms with Crippen molar-refractivity contribution in [2.24, 2.45) is 4.99 Å². The summed E-state index contributed by atoms with van der Waals surface area (Å²) in [4.78, 5) is 6.78. The molecular formula is C18H32IN5O2S. The van der Waals surface area contributed by atoms with Gasteiger partial charge in [0.15, 0.2) is 15.8 Å². The number of aromatic nitrogens is 2. The van der Waals surface area contributed by atoms with E-state index in [1.54, 1.807) is 13.8 Å². The second-order valence-electron chi connectivity index (χ2n) is 7.90. The van der Waals surface area contributed by atoms with Crippen molar-refractivity contribution < 1.29 is 8.42 Å². The van der Waals surface area contributed by atoms with E-state index in [-0.39, 0.29) is 29.7 Å². The predicted octanol–water partition coefficient (Wildman–Crippen LogP) is 2.59. The zero-order valence-electron chi connectivity index (χ0n) is 16.5. The third kappa shape index (κ3) is 5.16. The fourth-order valence-electron chi connectivity index (χ4n) is 3.74. The molecular weight excluding hydrogens is 477 g/mol. The average Bonchev–Trinajstić information content (AvgIpc) is 3.25. The van der Waals surface area contributed by atoms with Crippen molar-refractivity contribution in [1.29, 1.82) is 0 Å². The third-order valence-electron chi connectivity index (χ3n) is 5.43. The minimum atomic E-state index is -3.06. The van der Waals surface area contributed by atoms with Crippen molar-refractivity contribution >= 4 is 39.8 Å². The van der Waals surface area contributed by atoms with Gasteiger partial charge in [0, 0.05) is 25.8 Å². The van der Waals surface area contributed by atoms with Crippen LogP contribution >= 0.6 is 24.0 Å². The Balaban J connectivity index is 0.00000261. The molecule has 1 aromatic rings. The van der Waals surface area contributed by atoms with Gasteiger partial charge in [-0.05, 0) is 39.7 Å². The fourth-order valence-corrected chi connectivity index (χ4v) is 5.11. The van der Waals surface area contributed by atoms with Crippen LogP contribution in [-0.4, -0.2) is 59.2 Å². The van der Waals surface area contributed by atoms with Crippen LogP contribution in [0.1, 0.15) is 58.2 Å². The van der Waals surface area contributed by atoms with Gasteiger partial charge in [-0.3, -0.25) is 4.68 Å². The number of hydrogen-bond acceptors (Lipinski definition) is 4. The molecule has 0 amide bonds. The highest BCUT2D eigenvalue weighted by Gasteiger charge is 2.40. The zero-order chi connectivity index (χ0) is 18.8. The van der Waals surface area contributed by atoms with E-state index in [1.165, 1.54) is 25.7 Å². The largest absolute Gasteiger partial charge is 0.357 e. The lowest BCUT2D eigenvalue weighted by atomic mass is 10.2. The molecule has 1 N–H and O–H groups in total. The van der Waals surface area contributed by atoms with Gasteiger partial charge in [-0.1, -0.05) is 12.8 Å². The Bertz CT molecular complexity index is 754. The maximum Gasteiger partial charge on any atom is 0.194 e. The van der Waals surface area contributed by atoms with E-state index >= 15 is 0 Å². The number of halogens is 1. The summed E-state index contributed by atoms with van der Waals surface area (Å²) in [5.41, 5.74) is 0.955. The molecule has 1 saturated heterocycles. The zero-order valence-corrected chi connectivity index (χ0v) is 19.7. The van der Waals surface area contributed by atoms with Crippen LogP contribution in [0.2, 0.25) is 0 Å². The molecule has 0 unspecified atom stereocenters. The van der Waals surface area contributed by atoms with E-state index in [0.717, 1.165) is 18.2 Å². The van der Waals surface area contributed by atoms with E-state index < -0.39 is 14.6 Å². The maximum atomic E-state index is 12.2. The molecule has 154 valence electrons. The Hall–Kier alpha value is -0.840. The SMILES string of the molecule is CCNC(=NCc1ccn(C2CCCC2)n1)N1CCS(=O)(=O)C(C)(C)C1.I. The maximum absolute atomic E-state index is 12.2. The molecule has 1 aliphatic heterocycles. The standard InChI is InChI=1S/C18H31N5O2S.HI/c1-4-19-17(22-11-12-26(24,25)18(2,3)14-22)20-13-15-9-10-23(21-15)16-7-5-6-8-16;/h9-10,16H,4-8,11-14H2,1-3H3,(H,19,20);1H. The topological polar surface area (TPSA) is 79.6 Å². The minimum absolute atomic E-state index is 0.